The summed E-state index contributed by atoms with van der Waals surface area (Å²) in [6.07, 6.45) is 0.886. The van der Waals surface area contributed by atoms with Crippen molar-refractivity contribution in [3.05, 3.63) is 59.7 Å². The Labute approximate surface area is 206 Å². The van der Waals surface area contributed by atoms with Crippen LogP contribution in [0.15, 0.2) is 48.5 Å². The van der Waals surface area contributed by atoms with Gasteiger partial charge in [0.05, 0.1) is 5.41 Å². The summed E-state index contributed by atoms with van der Waals surface area (Å²) in [5, 5.41) is 12.3. The average Bonchev–Trinajstić information content (AvgIpc) is 3.19. The lowest BCUT2D eigenvalue weighted by molar-refractivity contribution is -0.153. The number of alkyl carbamates (subject to hydrolysis) is 1. The van der Waals surface area contributed by atoms with E-state index >= 15 is 0 Å². The fraction of sp³-hybridized carbons (Fsp3) is 0.464. The first-order valence-electron chi connectivity index (χ1n) is 12.4. The second-order valence-electron chi connectivity index (χ2n) is 10.0. The number of hydrogen-bond acceptors (Lipinski definition) is 4. The first kappa shape index (κ1) is 24.8. The number of nitrogens with one attached hydrogen (secondary N) is 1. The molecule has 2 N–H and O–H groups in total. The van der Waals surface area contributed by atoms with Gasteiger partial charge in [-0.2, -0.15) is 0 Å². The zero-order valence-corrected chi connectivity index (χ0v) is 20.6. The standard InChI is InChI=1S/C28H34N2O5/c1-4-18(2)24(25(31)30-15-13-28(3,14-16-30)26(32)33)29-27(34)35-17-23-21-11-7-5-9-19(21)20-10-6-8-12-22(20)23/h5-12,18,23-24H,4,13-17H2,1-3H3,(H,29,34)(H,32,33). The number of likely N-dealkylation sites (tertiary alicyclic amines) is 1. The van der Waals surface area contributed by atoms with Gasteiger partial charge in [-0.25, -0.2) is 4.79 Å². The number of hydrogen-bond donors (Lipinski definition) is 2. The van der Waals surface area contributed by atoms with Gasteiger partial charge in [-0.3, -0.25) is 9.59 Å². The second-order valence-corrected chi connectivity index (χ2v) is 10.0. The van der Waals surface area contributed by atoms with E-state index in [2.05, 4.69) is 29.6 Å². The van der Waals surface area contributed by atoms with Gasteiger partial charge >= 0.3 is 12.1 Å². The molecule has 7 nitrogen and oxygen atoms in total. The molecule has 0 spiro atoms. The number of carboxylic acids is 1. The van der Waals surface area contributed by atoms with Crippen LogP contribution in [0.1, 0.15) is 57.1 Å². The summed E-state index contributed by atoms with van der Waals surface area (Å²) < 4.78 is 5.67. The summed E-state index contributed by atoms with van der Waals surface area (Å²) in [6, 6.07) is 15.6. The van der Waals surface area contributed by atoms with Crippen molar-refractivity contribution in [3.8, 4) is 11.1 Å². The molecule has 4 rings (SSSR count). The minimum Gasteiger partial charge on any atom is -0.481 e. The van der Waals surface area contributed by atoms with Crippen LogP contribution in [-0.4, -0.2) is 53.7 Å². The number of ether oxygens (including phenoxy) is 1. The van der Waals surface area contributed by atoms with E-state index in [0.29, 0.717) is 32.4 Å². The lowest BCUT2D eigenvalue weighted by atomic mass is 9.80. The van der Waals surface area contributed by atoms with Crippen molar-refractivity contribution in [1.29, 1.82) is 0 Å². The summed E-state index contributed by atoms with van der Waals surface area (Å²) in [6.45, 7) is 6.53. The van der Waals surface area contributed by atoms with Gasteiger partial charge in [0.15, 0.2) is 0 Å². The van der Waals surface area contributed by atoms with Crippen molar-refractivity contribution >= 4 is 18.0 Å². The number of nitrogens with zero attached hydrogens (tertiary/aromatic N) is 1. The molecular formula is C28H34N2O5. The fourth-order valence-electron chi connectivity index (χ4n) is 5.08. The third-order valence-corrected chi connectivity index (χ3v) is 7.79. The Morgan fingerprint density at radius 2 is 1.60 bits per heavy atom. The largest absolute Gasteiger partial charge is 0.481 e. The number of aliphatic carboxylic acids is 1. The number of carboxylic acid groups (broad SMARTS) is 1. The number of fused-ring (bicyclic) bond motifs is 3. The van der Waals surface area contributed by atoms with Crippen molar-refractivity contribution in [2.75, 3.05) is 19.7 Å². The quantitative estimate of drug-likeness (QED) is 0.604. The molecule has 2 aliphatic rings. The minimum atomic E-state index is -0.833. The fourth-order valence-corrected chi connectivity index (χ4v) is 5.08. The normalized spacial score (nSPS) is 18.2. The van der Waals surface area contributed by atoms with Gasteiger partial charge < -0.3 is 20.1 Å². The Bertz CT molecular complexity index is 1060. The minimum absolute atomic E-state index is 0.0540. The van der Waals surface area contributed by atoms with Crippen LogP contribution in [0.25, 0.3) is 11.1 Å². The highest BCUT2D eigenvalue weighted by atomic mass is 16.5. The maximum Gasteiger partial charge on any atom is 0.407 e. The van der Waals surface area contributed by atoms with Crippen LogP contribution in [0, 0.1) is 11.3 Å². The van der Waals surface area contributed by atoms with Crippen molar-refractivity contribution in [1.82, 2.24) is 10.2 Å². The molecule has 0 bridgehead atoms. The van der Waals surface area contributed by atoms with E-state index in [9.17, 15) is 19.5 Å². The molecule has 7 heteroatoms. The van der Waals surface area contributed by atoms with Crippen LogP contribution in [0.2, 0.25) is 0 Å². The molecule has 1 fully saturated rings. The Kier molecular flexibility index (Phi) is 7.15. The molecule has 1 aliphatic carbocycles. The molecule has 2 unspecified atom stereocenters. The van der Waals surface area contributed by atoms with E-state index in [1.165, 1.54) is 0 Å². The van der Waals surface area contributed by atoms with Gasteiger partial charge in [0, 0.05) is 19.0 Å². The number of benzene rings is 2. The van der Waals surface area contributed by atoms with Crippen LogP contribution >= 0.6 is 0 Å². The molecule has 1 aliphatic heterocycles. The summed E-state index contributed by atoms with van der Waals surface area (Å²) in [4.78, 5) is 39.4. The zero-order chi connectivity index (χ0) is 25.2. The molecule has 0 radical (unpaired) electrons. The monoisotopic (exact) mass is 478 g/mol. The maximum absolute atomic E-state index is 13.3. The lowest BCUT2D eigenvalue weighted by Gasteiger charge is -2.38. The van der Waals surface area contributed by atoms with Crippen LogP contribution in [-0.2, 0) is 14.3 Å². The zero-order valence-electron chi connectivity index (χ0n) is 20.6. The van der Waals surface area contributed by atoms with Crippen molar-refractivity contribution in [3.63, 3.8) is 0 Å². The van der Waals surface area contributed by atoms with Crippen LogP contribution in [0.4, 0.5) is 4.79 Å². The third-order valence-electron chi connectivity index (χ3n) is 7.79. The molecule has 35 heavy (non-hydrogen) atoms. The Balaban J connectivity index is 1.41. The van der Waals surface area contributed by atoms with Crippen LogP contribution in [0.5, 0.6) is 0 Å². The van der Waals surface area contributed by atoms with Crippen molar-refractivity contribution in [2.45, 2.75) is 52.0 Å². The summed E-state index contributed by atoms with van der Waals surface area (Å²) >= 11 is 0. The SMILES string of the molecule is CCC(C)C(NC(=O)OCC1c2ccccc2-c2ccccc21)C(=O)N1CCC(C)(C(=O)O)CC1. The molecule has 2 aromatic rings. The third kappa shape index (κ3) is 4.90. The molecular weight excluding hydrogens is 444 g/mol. The molecule has 1 saturated heterocycles. The topological polar surface area (TPSA) is 95.9 Å². The first-order valence-corrected chi connectivity index (χ1v) is 12.4. The average molecular weight is 479 g/mol. The summed E-state index contributed by atoms with van der Waals surface area (Å²) in [5.74, 6) is -1.16. The van der Waals surface area contributed by atoms with Crippen molar-refractivity contribution < 1.29 is 24.2 Å². The molecule has 186 valence electrons. The van der Waals surface area contributed by atoms with E-state index in [1.54, 1.807) is 11.8 Å². The van der Waals surface area contributed by atoms with E-state index in [1.807, 2.05) is 38.1 Å². The Morgan fingerprint density at radius 3 is 2.11 bits per heavy atom. The highest BCUT2D eigenvalue weighted by Gasteiger charge is 2.40. The van der Waals surface area contributed by atoms with E-state index in [0.717, 1.165) is 22.3 Å². The predicted molar refractivity (Wildman–Crippen MR) is 133 cm³/mol. The number of piperidine rings is 1. The molecule has 0 aromatic heterocycles. The molecule has 2 atom stereocenters. The lowest BCUT2D eigenvalue weighted by Crippen LogP contribution is -2.55. The van der Waals surface area contributed by atoms with E-state index in [4.69, 9.17) is 4.74 Å². The van der Waals surface area contributed by atoms with Gasteiger partial charge in [-0.05, 0) is 47.9 Å². The first-order chi connectivity index (χ1) is 16.7. The van der Waals surface area contributed by atoms with E-state index < -0.39 is 23.5 Å². The Morgan fingerprint density at radius 1 is 1.06 bits per heavy atom. The van der Waals surface area contributed by atoms with Gasteiger partial charge in [-0.1, -0.05) is 68.8 Å². The Hall–Kier alpha value is -3.35. The van der Waals surface area contributed by atoms with Gasteiger partial charge in [0.25, 0.3) is 0 Å². The van der Waals surface area contributed by atoms with E-state index in [-0.39, 0.29) is 24.3 Å². The van der Waals surface area contributed by atoms with Gasteiger partial charge in [0.2, 0.25) is 5.91 Å². The second kappa shape index (κ2) is 10.1. The molecule has 2 amide bonds. The van der Waals surface area contributed by atoms with Crippen LogP contribution < -0.4 is 5.32 Å². The number of carbonyl (C=O) groups is 3. The van der Waals surface area contributed by atoms with Crippen LogP contribution in [0.3, 0.4) is 0 Å². The maximum atomic E-state index is 13.3. The number of amides is 2. The summed E-state index contributed by atoms with van der Waals surface area (Å²) in [5.41, 5.74) is 3.76. The van der Waals surface area contributed by atoms with Crippen molar-refractivity contribution in [2.24, 2.45) is 11.3 Å². The number of rotatable bonds is 7. The van der Waals surface area contributed by atoms with Gasteiger partial charge in [0.1, 0.15) is 12.6 Å². The molecule has 0 saturated carbocycles. The smallest absolute Gasteiger partial charge is 0.407 e. The summed E-state index contributed by atoms with van der Waals surface area (Å²) in [7, 11) is 0. The predicted octanol–water partition coefficient (Wildman–Crippen LogP) is 4.65. The number of carbonyl (C=O) groups excluding carboxylic acids is 2. The molecule has 1 heterocycles. The molecule has 2 aromatic carbocycles. The van der Waals surface area contributed by atoms with Gasteiger partial charge in [-0.15, -0.1) is 0 Å². The highest BCUT2D eigenvalue weighted by molar-refractivity contribution is 5.86. The highest BCUT2D eigenvalue weighted by Crippen LogP contribution is 2.44.